The van der Waals surface area contributed by atoms with E-state index in [9.17, 15) is 0 Å². The second-order valence-corrected chi connectivity index (χ2v) is 12.0. The summed E-state index contributed by atoms with van der Waals surface area (Å²) in [7, 11) is 0. The first-order valence-electron chi connectivity index (χ1n) is 15.5. The van der Waals surface area contributed by atoms with Gasteiger partial charge in [-0.1, -0.05) is 140 Å². The Morgan fingerprint density at radius 2 is 0.756 bits per heavy atom. The minimum atomic E-state index is 0.928. The molecule has 1 heteroatoms. The topological polar surface area (TPSA) is 13.1 Å². The van der Waals surface area contributed by atoms with Gasteiger partial charge in [0.2, 0.25) is 0 Å². The van der Waals surface area contributed by atoms with E-state index in [0.29, 0.717) is 0 Å². The highest BCUT2D eigenvalue weighted by molar-refractivity contribution is 6.33. The summed E-state index contributed by atoms with van der Waals surface area (Å²) < 4.78 is 6.56. The molecule has 208 valence electrons. The Morgan fingerprint density at radius 3 is 1.44 bits per heavy atom. The molecule has 9 aromatic carbocycles. The lowest BCUT2D eigenvalue weighted by molar-refractivity contribution is 0.673. The third kappa shape index (κ3) is 3.44. The van der Waals surface area contributed by atoms with Crippen LogP contribution in [-0.2, 0) is 0 Å². The van der Waals surface area contributed by atoms with Gasteiger partial charge in [-0.25, -0.2) is 0 Å². The summed E-state index contributed by atoms with van der Waals surface area (Å²) in [6.45, 7) is 0. The van der Waals surface area contributed by atoms with E-state index < -0.39 is 0 Å². The molecular weight excluding hydrogens is 544 g/mol. The fraction of sp³-hybridized carbons (Fsp3) is 0. The maximum absolute atomic E-state index is 6.56. The van der Waals surface area contributed by atoms with Crippen molar-refractivity contribution in [2.45, 2.75) is 0 Å². The fourth-order valence-corrected chi connectivity index (χ4v) is 7.73. The van der Waals surface area contributed by atoms with E-state index in [1.807, 2.05) is 6.07 Å². The largest absolute Gasteiger partial charge is 0.455 e. The molecule has 0 N–H and O–H groups in total. The Labute approximate surface area is 259 Å². The second-order valence-electron chi connectivity index (χ2n) is 12.0. The Hall–Kier alpha value is -5.92. The lowest BCUT2D eigenvalue weighted by Crippen LogP contribution is -1.91. The molecule has 0 aliphatic heterocycles. The van der Waals surface area contributed by atoms with Crippen LogP contribution in [0.25, 0.3) is 98.1 Å². The molecule has 10 aromatic rings. The van der Waals surface area contributed by atoms with Crippen LogP contribution >= 0.6 is 0 Å². The molecular formula is C44H26O. The van der Waals surface area contributed by atoms with Crippen LogP contribution in [0.3, 0.4) is 0 Å². The minimum Gasteiger partial charge on any atom is -0.455 e. The van der Waals surface area contributed by atoms with Crippen LogP contribution in [0.5, 0.6) is 0 Å². The molecule has 0 unspecified atom stereocenters. The normalized spacial score (nSPS) is 12.0. The van der Waals surface area contributed by atoms with Crippen LogP contribution in [-0.4, -0.2) is 0 Å². The SMILES string of the molecule is c1ccc(-c2c3ccccc3c(-c3ccc4c(c3)c3ccccc3c3c4ccc4c5ccccc5oc43)c3ccccc23)cc1. The molecule has 1 nitrogen and oxygen atoms in total. The van der Waals surface area contributed by atoms with E-state index in [0.717, 1.165) is 21.9 Å². The van der Waals surface area contributed by atoms with Crippen molar-refractivity contribution in [2.24, 2.45) is 0 Å². The highest BCUT2D eigenvalue weighted by Gasteiger charge is 2.19. The summed E-state index contributed by atoms with van der Waals surface area (Å²) in [6, 6.07) is 57.3. The first-order chi connectivity index (χ1) is 22.3. The van der Waals surface area contributed by atoms with Crippen molar-refractivity contribution in [1.82, 2.24) is 0 Å². The predicted octanol–water partition coefficient (Wildman–Crippen LogP) is 12.7. The lowest BCUT2D eigenvalue weighted by Gasteiger charge is -2.18. The summed E-state index contributed by atoms with van der Waals surface area (Å²) in [5.41, 5.74) is 6.92. The molecule has 45 heavy (non-hydrogen) atoms. The van der Waals surface area contributed by atoms with Crippen LogP contribution in [0.4, 0.5) is 0 Å². The Balaban J connectivity index is 1.33. The quantitative estimate of drug-likeness (QED) is 0.149. The van der Waals surface area contributed by atoms with Crippen molar-refractivity contribution in [1.29, 1.82) is 0 Å². The molecule has 0 amide bonds. The predicted molar refractivity (Wildman–Crippen MR) is 192 cm³/mol. The van der Waals surface area contributed by atoms with E-state index in [1.165, 1.54) is 76.1 Å². The van der Waals surface area contributed by atoms with Crippen LogP contribution < -0.4 is 0 Å². The van der Waals surface area contributed by atoms with E-state index in [2.05, 4.69) is 152 Å². The van der Waals surface area contributed by atoms with Crippen molar-refractivity contribution >= 4 is 75.8 Å². The maximum atomic E-state index is 6.56. The van der Waals surface area contributed by atoms with Gasteiger partial charge >= 0.3 is 0 Å². The summed E-state index contributed by atoms with van der Waals surface area (Å²) in [6.07, 6.45) is 0. The molecule has 0 fully saturated rings. The summed E-state index contributed by atoms with van der Waals surface area (Å²) in [5, 5.41) is 14.8. The van der Waals surface area contributed by atoms with Crippen LogP contribution in [0.15, 0.2) is 162 Å². The third-order valence-corrected chi connectivity index (χ3v) is 9.63. The molecule has 0 saturated carbocycles. The zero-order valence-corrected chi connectivity index (χ0v) is 24.4. The smallest absolute Gasteiger partial charge is 0.143 e. The number of furan rings is 1. The zero-order valence-electron chi connectivity index (χ0n) is 24.4. The van der Waals surface area contributed by atoms with Gasteiger partial charge in [0.15, 0.2) is 0 Å². The number of fused-ring (bicyclic) bond motifs is 12. The van der Waals surface area contributed by atoms with Crippen LogP contribution in [0.2, 0.25) is 0 Å². The molecule has 1 aromatic heterocycles. The van der Waals surface area contributed by atoms with Gasteiger partial charge in [-0.2, -0.15) is 0 Å². The van der Waals surface area contributed by atoms with Crippen LogP contribution in [0.1, 0.15) is 0 Å². The number of rotatable bonds is 2. The number of hydrogen-bond donors (Lipinski definition) is 0. The molecule has 1 heterocycles. The molecule has 0 spiro atoms. The van der Waals surface area contributed by atoms with Gasteiger partial charge < -0.3 is 4.42 Å². The maximum Gasteiger partial charge on any atom is 0.143 e. The first-order valence-corrected chi connectivity index (χ1v) is 15.5. The minimum absolute atomic E-state index is 0.928. The lowest BCUT2D eigenvalue weighted by atomic mass is 9.85. The Kier molecular flexibility index (Phi) is 5.06. The van der Waals surface area contributed by atoms with Gasteiger partial charge in [-0.15, -0.1) is 0 Å². The summed E-state index contributed by atoms with van der Waals surface area (Å²) >= 11 is 0. The van der Waals surface area contributed by atoms with Crippen molar-refractivity contribution < 1.29 is 4.42 Å². The molecule has 0 atom stereocenters. The van der Waals surface area contributed by atoms with Gasteiger partial charge in [0, 0.05) is 16.2 Å². The standard InChI is InChI=1S/C44H26O/c1-2-12-27(13-3-1)41-33-17-6-8-19-35(33)42(36-20-9-7-18-34(36)41)28-22-23-30-37-24-25-38-31-15-10-11-21-40(31)45-44(38)43(37)32-16-5-4-14-29(32)39(30)26-28/h1-26H. The van der Waals surface area contributed by atoms with Crippen molar-refractivity contribution in [3.8, 4) is 22.3 Å². The molecule has 0 radical (unpaired) electrons. The van der Waals surface area contributed by atoms with E-state index in [1.54, 1.807) is 0 Å². The van der Waals surface area contributed by atoms with E-state index in [4.69, 9.17) is 4.42 Å². The average molecular weight is 571 g/mol. The van der Waals surface area contributed by atoms with Gasteiger partial charge in [-0.05, 0) is 88.9 Å². The molecule has 10 rings (SSSR count). The van der Waals surface area contributed by atoms with Crippen molar-refractivity contribution in [3.05, 3.63) is 158 Å². The monoisotopic (exact) mass is 570 g/mol. The van der Waals surface area contributed by atoms with Crippen LogP contribution in [0, 0.1) is 0 Å². The number of benzene rings is 9. The zero-order chi connectivity index (χ0) is 29.5. The number of para-hydroxylation sites is 1. The van der Waals surface area contributed by atoms with Crippen molar-refractivity contribution in [2.75, 3.05) is 0 Å². The van der Waals surface area contributed by atoms with Gasteiger partial charge in [0.05, 0.1) is 0 Å². The number of hydrogen-bond acceptors (Lipinski definition) is 1. The highest BCUT2D eigenvalue weighted by Crippen LogP contribution is 2.46. The average Bonchev–Trinajstić information content (AvgIpc) is 3.49. The highest BCUT2D eigenvalue weighted by atomic mass is 16.3. The third-order valence-electron chi connectivity index (χ3n) is 9.63. The Bertz CT molecular complexity index is 2720. The molecule has 0 saturated heterocycles. The molecule has 0 aliphatic rings. The molecule has 0 bridgehead atoms. The first kappa shape index (κ1) is 24.5. The van der Waals surface area contributed by atoms with E-state index >= 15 is 0 Å². The fourth-order valence-electron chi connectivity index (χ4n) is 7.73. The van der Waals surface area contributed by atoms with Gasteiger partial charge in [0.1, 0.15) is 11.2 Å². The van der Waals surface area contributed by atoms with Gasteiger partial charge in [-0.3, -0.25) is 0 Å². The molecule has 0 aliphatic carbocycles. The summed E-state index contributed by atoms with van der Waals surface area (Å²) in [4.78, 5) is 0. The second kappa shape index (κ2) is 9.29. The van der Waals surface area contributed by atoms with Crippen molar-refractivity contribution in [3.63, 3.8) is 0 Å². The van der Waals surface area contributed by atoms with Gasteiger partial charge in [0.25, 0.3) is 0 Å². The summed E-state index contributed by atoms with van der Waals surface area (Å²) in [5.74, 6) is 0. The Morgan fingerprint density at radius 1 is 0.289 bits per heavy atom. The van der Waals surface area contributed by atoms with E-state index in [-0.39, 0.29) is 0 Å².